The Labute approximate surface area is 382 Å². The topological polar surface area (TPSA) is 169 Å². The summed E-state index contributed by atoms with van der Waals surface area (Å²) in [5, 5.41) is 10.5. The molecule has 0 radical (unpaired) electrons. The Morgan fingerprint density at radius 1 is 0.952 bits per heavy atom. The fraction of sp³-hybridized carbons (Fsp3) is 0.620. The van der Waals surface area contributed by atoms with Gasteiger partial charge in [-0.15, -0.1) is 18.9 Å². The molecule has 0 bridgehead atoms. The number of aryl methyl sites for hydroxylation is 1. The highest BCUT2D eigenvalue weighted by atomic mass is 16.2. The zero-order valence-electron chi connectivity index (χ0n) is 40.7. The van der Waals surface area contributed by atoms with Crippen LogP contribution in [0.1, 0.15) is 145 Å². The minimum absolute atomic E-state index is 0.01000. The van der Waals surface area contributed by atoms with E-state index in [1.165, 1.54) is 81.3 Å². The number of rotatable bonds is 15. The Balaban J connectivity index is -0.000000732. The monoisotopic (exact) mass is 880 g/mol. The van der Waals surface area contributed by atoms with Crippen molar-refractivity contribution in [2.45, 2.75) is 164 Å². The van der Waals surface area contributed by atoms with E-state index in [1.54, 1.807) is 13.1 Å². The molecular weight excluding hydrogens is 795 g/mol. The van der Waals surface area contributed by atoms with Gasteiger partial charge in [0.1, 0.15) is 6.04 Å². The predicted molar refractivity (Wildman–Crippen MR) is 261 cm³/mol. The number of ketones is 1. The Hall–Kier alpha value is -5.25. The SMILES string of the molecule is C#CCCC(C)NC(=O)C1CCCN1C(=O)CNC=O.C=CCNC(=O)C(C)=O.CC.CC.CC(=O)NC(C)C1CCCCCC1.CCCCc1ccccc1.CN1C=CN=CC1. The highest BCUT2D eigenvalue weighted by Crippen LogP contribution is 2.25. The smallest absolute Gasteiger partial charge is 0.287 e. The van der Waals surface area contributed by atoms with Crippen molar-refractivity contribution >= 4 is 42.0 Å². The van der Waals surface area contributed by atoms with Crippen molar-refractivity contribution in [3.63, 3.8) is 0 Å². The molecule has 1 saturated heterocycles. The molecule has 356 valence electrons. The third-order valence-electron chi connectivity index (χ3n) is 9.63. The van der Waals surface area contributed by atoms with E-state index in [1.807, 2.05) is 54.1 Å². The number of terminal acetylenes is 1. The second-order valence-electron chi connectivity index (χ2n) is 14.9. The molecule has 3 aliphatic rings. The predicted octanol–water partition coefficient (Wildman–Crippen LogP) is 7.56. The summed E-state index contributed by atoms with van der Waals surface area (Å²) >= 11 is 0. The number of amides is 5. The Kier molecular flexibility index (Phi) is 42.7. The standard InChI is InChI=1S/C14H21N3O3.C11H21NO.C10H14.C6H9NO2.C5H8N2.2C2H6/c1-3-4-6-11(2)16-14(20)12-7-5-8-17(12)13(19)9-15-10-18;1-9(12-10(2)13)11-7-5-3-4-6-8-11;1-2-3-7-10-8-5-4-6-9-10;1-3-4-7-6(9)5(2)8;1-7-4-2-6-3-5-7;2*1-2/h1,10-12H,4-9H2,2H3,(H,15,18)(H,16,20);9,11H,3-8H2,1-2H3,(H,12,13);4-6,8-9H,2-3,7H2,1H3;3H,1,4H2,2H3,(H,7,9);2-4H,5H2,1H3;2*1-2H3. The molecule has 2 aliphatic heterocycles. The molecule has 1 aromatic carbocycles. The molecule has 1 aliphatic carbocycles. The molecule has 2 fully saturated rings. The zero-order valence-corrected chi connectivity index (χ0v) is 40.7. The van der Waals surface area contributed by atoms with Crippen molar-refractivity contribution in [3.8, 4) is 12.3 Å². The third kappa shape index (κ3) is 35.0. The van der Waals surface area contributed by atoms with Crippen LogP contribution in [-0.2, 0) is 35.2 Å². The van der Waals surface area contributed by atoms with Crippen molar-refractivity contribution in [2.24, 2.45) is 10.9 Å². The third-order valence-corrected chi connectivity index (χ3v) is 9.63. The second-order valence-corrected chi connectivity index (χ2v) is 14.9. The van der Waals surface area contributed by atoms with Gasteiger partial charge in [-0.25, -0.2) is 0 Å². The van der Waals surface area contributed by atoms with Crippen LogP contribution in [0.2, 0.25) is 0 Å². The van der Waals surface area contributed by atoms with E-state index >= 15 is 0 Å². The summed E-state index contributed by atoms with van der Waals surface area (Å²) in [5.74, 6) is 1.94. The first-order valence-corrected chi connectivity index (χ1v) is 23.1. The molecule has 13 nitrogen and oxygen atoms in total. The van der Waals surface area contributed by atoms with Gasteiger partial charge in [-0.3, -0.25) is 33.8 Å². The van der Waals surface area contributed by atoms with E-state index in [0.717, 1.165) is 19.4 Å². The normalized spacial score (nSPS) is 15.5. The molecule has 1 aromatic rings. The lowest BCUT2D eigenvalue weighted by Crippen LogP contribution is -2.50. The molecule has 3 unspecified atom stereocenters. The summed E-state index contributed by atoms with van der Waals surface area (Å²) in [6, 6.07) is 10.6. The molecule has 2 heterocycles. The Morgan fingerprint density at radius 2 is 1.59 bits per heavy atom. The van der Waals surface area contributed by atoms with Crippen molar-refractivity contribution in [3.05, 3.63) is 61.0 Å². The van der Waals surface area contributed by atoms with Crippen LogP contribution in [0.3, 0.4) is 0 Å². The summed E-state index contributed by atoms with van der Waals surface area (Å²) in [5.41, 5.74) is 1.46. The van der Waals surface area contributed by atoms with Crippen LogP contribution in [0.15, 0.2) is 60.4 Å². The summed E-state index contributed by atoms with van der Waals surface area (Å²) in [7, 11) is 2.02. The van der Waals surface area contributed by atoms with Crippen molar-refractivity contribution < 1.29 is 28.8 Å². The number of carbonyl (C=O) groups is 6. The average Bonchev–Trinajstić information content (AvgIpc) is 3.64. The maximum atomic E-state index is 12.2. The molecule has 5 amide bonds. The number of nitrogens with one attached hydrogen (secondary N) is 4. The minimum atomic E-state index is -0.560. The molecule has 63 heavy (non-hydrogen) atoms. The van der Waals surface area contributed by atoms with Gasteiger partial charge in [-0.05, 0) is 70.3 Å². The maximum Gasteiger partial charge on any atom is 0.287 e. The molecule has 1 saturated carbocycles. The van der Waals surface area contributed by atoms with E-state index in [-0.39, 0.29) is 30.3 Å². The van der Waals surface area contributed by atoms with Crippen molar-refractivity contribution in [2.75, 3.05) is 33.2 Å². The van der Waals surface area contributed by atoms with Gasteiger partial charge in [-0.2, -0.15) is 0 Å². The average molecular weight is 880 g/mol. The first kappa shape index (κ1) is 62.0. The van der Waals surface area contributed by atoms with Gasteiger partial charge in [0, 0.05) is 71.1 Å². The molecule has 0 aromatic heterocycles. The van der Waals surface area contributed by atoms with Crippen LogP contribution >= 0.6 is 0 Å². The van der Waals surface area contributed by atoms with Gasteiger partial charge >= 0.3 is 0 Å². The Morgan fingerprint density at radius 3 is 2.06 bits per heavy atom. The fourth-order valence-corrected chi connectivity index (χ4v) is 6.29. The van der Waals surface area contributed by atoms with Gasteiger partial charge in [0.2, 0.25) is 29.9 Å². The van der Waals surface area contributed by atoms with Crippen LogP contribution in [-0.4, -0.2) is 103 Å². The molecular formula is C50H85N7O6. The quantitative estimate of drug-likeness (QED) is 0.0464. The summed E-state index contributed by atoms with van der Waals surface area (Å²) in [6.45, 7) is 22.2. The highest BCUT2D eigenvalue weighted by molar-refractivity contribution is 6.35. The van der Waals surface area contributed by atoms with Crippen LogP contribution < -0.4 is 21.3 Å². The maximum absolute atomic E-state index is 12.2. The number of hydrogen-bond acceptors (Lipinski definition) is 8. The lowest BCUT2D eigenvalue weighted by Gasteiger charge is -2.25. The molecule has 4 rings (SSSR count). The van der Waals surface area contributed by atoms with E-state index < -0.39 is 17.7 Å². The zero-order chi connectivity index (χ0) is 48.3. The van der Waals surface area contributed by atoms with Crippen molar-refractivity contribution in [1.82, 2.24) is 31.1 Å². The summed E-state index contributed by atoms with van der Waals surface area (Å²) in [4.78, 5) is 73.2. The van der Waals surface area contributed by atoms with Gasteiger partial charge in [0.05, 0.1) is 13.1 Å². The van der Waals surface area contributed by atoms with E-state index in [2.05, 4.69) is 87.8 Å². The molecule has 13 heteroatoms. The number of likely N-dealkylation sites (tertiary alicyclic amines) is 1. The first-order chi connectivity index (χ1) is 30.3. The number of nitrogens with zero attached hydrogens (tertiary/aromatic N) is 3. The van der Waals surface area contributed by atoms with Gasteiger partial charge < -0.3 is 31.1 Å². The fourth-order valence-electron chi connectivity index (χ4n) is 6.29. The van der Waals surface area contributed by atoms with Crippen LogP contribution in [0.5, 0.6) is 0 Å². The van der Waals surface area contributed by atoms with Crippen LogP contribution in [0.25, 0.3) is 0 Å². The van der Waals surface area contributed by atoms with Crippen LogP contribution in [0.4, 0.5) is 0 Å². The Bertz CT molecular complexity index is 1470. The number of carbonyl (C=O) groups excluding carboxylic acids is 6. The number of aliphatic imine (C=N–C) groups is 1. The molecule has 3 atom stereocenters. The number of Topliss-reactive ketones (excluding diaryl/α,β-unsaturated/α-hetero) is 1. The van der Waals surface area contributed by atoms with E-state index in [9.17, 15) is 28.8 Å². The minimum Gasteiger partial charge on any atom is -0.374 e. The summed E-state index contributed by atoms with van der Waals surface area (Å²) < 4.78 is 0. The lowest BCUT2D eigenvalue weighted by atomic mass is 9.93. The second kappa shape index (κ2) is 43.4. The molecule has 0 spiro atoms. The number of benzene rings is 1. The van der Waals surface area contributed by atoms with Crippen molar-refractivity contribution in [1.29, 1.82) is 0 Å². The number of hydrogen-bond donors (Lipinski definition) is 4. The molecule has 4 N–H and O–H groups in total. The first-order valence-electron chi connectivity index (χ1n) is 23.1. The number of unbranched alkanes of at least 4 members (excludes halogenated alkanes) is 1. The van der Waals surface area contributed by atoms with Gasteiger partial charge in [0.25, 0.3) is 5.91 Å². The lowest BCUT2D eigenvalue weighted by molar-refractivity contribution is -0.138. The summed E-state index contributed by atoms with van der Waals surface area (Å²) in [6.07, 6.45) is 27.4. The van der Waals surface area contributed by atoms with Gasteiger partial charge in [0.15, 0.2) is 0 Å². The van der Waals surface area contributed by atoms with E-state index in [4.69, 9.17) is 6.42 Å². The van der Waals surface area contributed by atoms with Crippen LogP contribution in [0, 0.1) is 18.3 Å². The van der Waals surface area contributed by atoms with Gasteiger partial charge in [-0.1, -0.05) is 103 Å². The highest BCUT2D eigenvalue weighted by Gasteiger charge is 2.34. The van der Waals surface area contributed by atoms with E-state index in [0.29, 0.717) is 44.3 Å². The largest absolute Gasteiger partial charge is 0.374 e.